The van der Waals surface area contributed by atoms with E-state index in [0.29, 0.717) is 12.1 Å². The Kier molecular flexibility index (Phi) is 3.95. The van der Waals surface area contributed by atoms with Gasteiger partial charge >= 0.3 is 5.97 Å². The number of halogens is 1. The largest absolute Gasteiger partial charge is 0.489 e. The summed E-state index contributed by atoms with van der Waals surface area (Å²) in [6, 6.07) is 2.97. The van der Waals surface area contributed by atoms with Crippen molar-refractivity contribution in [2.24, 2.45) is 0 Å². The van der Waals surface area contributed by atoms with Gasteiger partial charge in [-0.3, -0.25) is 4.79 Å². The molecule has 2 aromatic rings. The number of pyridine rings is 1. The average Bonchev–Trinajstić information content (AvgIpc) is 3.29. The van der Waals surface area contributed by atoms with E-state index in [4.69, 9.17) is 4.74 Å². The Hall–Kier alpha value is -2.41. The van der Waals surface area contributed by atoms with Crippen LogP contribution in [0.1, 0.15) is 42.1 Å². The summed E-state index contributed by atoms with van der Waals surface area (Å²) in [4.78, 5) is 23.7. The van der Waals surface area contributed by atoms with Crippen LogP contribution in [0.25, 0.3) is 10.9 Å². The van der Waals surface area contributed by atoms with Crippen LogP contribution in [0.2, 0.25) is 0 Å². The predicted molar refractivity (Wildman–Crippen MR) is 89.9 cm³/mol. The number of carboxylic acid groups (broad SMARTS) is 1. The second-order valence-corrected chi connectivity index (χ2v) is 6.72. The number of ether oxygens (including phenoxy) is 1. The number of fused-ring (bicyclic) bond motifs is 1. The van der Waals surface area contributed by atoms with Crippen LogP contribution in [0.15, 0.2) is 23.1 Å². The molecule has 2 aliphatic rings. The normalized spacial score (nSPS) is 20.1. The zero-order chi connectivity index (χ0) is 17.6. The number of nitrogens with zero attached hydrogens (tertiary/aromatic N) is 1. The number of nitrogens with one attached hydrogen (secondary N) is 1. The van der Waals surface area contributed by atoms with Crippen LogP contribution in [0.3, 0.4) is 0 Å². The molecule has 1 saturated heterocycles. The first-order valence-corrected chi connectivity index (χ1v) is 8.52. The number of rotatable bonds is 5. The summed E-state index contributed by atoms with van der Waals surface area (Å²) >= 11 is 0. The van der Waals surface area contributed by atoms with Gasteiger partial charge in [0, 0.05) is 29.7 Å². The molecule has 1 aliphatic carbocycles. The van der Waals surface area contributed by atoms with Gasteiger partial charge in [-0.2, -0.15) is 0 Å². The van der Waals surface area contributed by atoms with Crippen molar-refractivity contribution >= 4 is 16.9 Å². The number of carbonyl (C=O) groups is 1. The van der Waals surface area contributed by atoms with Crippen LogP contribution < -0.4 is 15.5 Å². The van der Waals surface area contributed by atoms with Crippen LogP contribution in [0, 0.1) is 5.82 Å². The van der Waals surface area contributed by atoms with Crippen molar-refractivity contribution in [2.75, 3.05) is 13.2 Å². The number of carboxylic acids is 1. The zero-order valence-electron chi connectivity index (χ0n) is 13.6. The Balaban J connectivity index is 1.78. The minimum Gasteiger partial charge on any atom is -0.489 e. The topological polar surface area (TPSA) is 80.6 Å². The third-order valence-corrected chi connectivity index (χ3v) is 4.86. The van der Waals surface area contributed by atoms with Crippen molar-refractivity contribution < 1.29 is 19.0 Å². The highest BCUT2D eigenvalue weighted by Crippen LogP contribution is 2.38. The Labute approximate surface area is 143 Å². The maximum atomic E-state index is 14.4. The molecule has 1 saturated carbocycles. The third-order valence-electron chi connectivity index (χ3n) is 4.86. The van der Waals surface area contributed by atoms with Gasteiger partial charge in [0.1, 0.15) is 12.2 Å². The third kappa shape index (κ3) is 3.00. The molecule has 1 atom stereocenters. The quantitative estimate of drug-likeness (QED) is 0.868. The molecule has 132 valence electrons. The minimum absolute atomic E-state index is 0.0793. The van der Waals surface area contributed by atoms with Crippen LogP contribution in [0.4, 0.5) is 4.39 Å². The lowest BCUT2D eigenvalue weighted by Crippen LogP contribution is -2.28. The first-order chi connectivity index (χ1) is 12.0. The highest BCUT2D eigenvalue weighted by Gasteiger charge is 2.27. The van der Waals surface area contributed by atoms with Crippen molar-refractivity contribution in [3.05, 3.63) is 39.9 Å². The molecule has 0 radical (unpaired) electrons. The smallest absolute Gasteiger partial charge is 0.341 e. The van der Waals surface area contributed by atoms with E-state index in [9.17, 15) is 19.1 Å². The van der Waals surface area contributed by atoms with Crippen LogP contribution in [-0.2, 0) is 0 Å². The minimum atomic E-state index is -1.30. The van der Waals surface area contributed by atoms with Gasteiger partial charge in [-0.05, 0) is 38.3 Å². The van der Waals surface area contributed by atoms with Crippen molar-refractivity contribution in [3.63, 3.8) is 0 Å². The second kappa shape index (κ2) is 6.15. The first-order valence-electron chi connectivity index (χ1n) is 8.52. The van der Waals surface area contributed by atoms with E-state index in [0.717, 1.165) is 38.3 Å². The number of hydrogen-bond acceptors (Lipinski definition) is 4. The van der Waals surface area contributed by atoms with E-state index in [1.807, 2.05) is 0 Å². The maximum absolute atomic E-state index is 14.4. The maximum Gasteiger partial charge on any atom is 0.341 e. The van der Waals surface area contributed by atoms with E-state index < -0.39 is 17.2 Å². The van der Waals surface area contributed by atoms with Crippen LogP contribution in [0.5, 0.6) is 5.75 Å². The van der Waals surface area contributed by atoms with Gasteiger partial charge in [0.05, 0.1) is 5.52 Å². The molecule has 0 unspecified atom stereocenters. The molecule has 1 aliphatic heterocycles. The summed E-state index contributed by atoms with van der Waals surface area (Å²) in [6.45, 7) is 1.30. The molecular weight excluding hydrogens is 327 g/mol. The van der Waals surface area contributed by atoms with E-state index in [1.54, 1.807) is 4.57 Å². The molecule has 0 spiro atoms. The summed E-state index contributed by atoms with van der Waals surface area (Å²) in [5.74, 6) is -1.85. The molecule has 2 N–H and O–H groups in total. The molecule has 1 aromatic heterocycles. The van der Waals surface area contributed by atoms with E-state index in [1.165, 1.54) is 12.3 Å². The molecule has 2 heterocycles. The fourth-order valence-corrected chi connectivity index (χ4v) is 3.36. The number of aromatic nitrogens is 1. The van der Waals surface area contributed by atoms with Gasteiger partial charge in [0.2, 0.25) is 5.43 Å². The SMILES string of the molecule is O=C(O)c1cn(C2CC2)c2cc(OC[C@@H]3CCCN3)c(F)cc2c1=O. The van der Waals surface area contributed by atoms with Crippen molar-refractivity contribution in [1.82, 2.24) is 9.88 Å². The molecule has 25 heavy (non-hydrogen) atoms. The summed E-state index contributed by atoms with van der Waals surface area (Å²) in [5.41, 5.74) is -0.474. The van der Waals surface area contributed by atoms with Gasteiger partial charge in [0.25, 0.3) is 0 Å². The van der Waals surface area contributed by atoms with Crippen molar-refractivity contribution in [1.29, 1.82) is 0 Å². The molecule has 4 rings (SSSR count). The lowest BCUT2D eigenvalue weighted by atomic mass is 10.1. The summed E-state index contributed by atoms with van der Waals surface area (Å²) < 4.78 is 21.8. The Morgan fingerprint density at radius 1 is 1.36 bits per heavy atom. The van der Waals surface area contributed by atoms with Gasteiger partial charge in [-0.1, -0.05) is 0 Å². The standard InChI is InChI=1S/C18H19FN2O4/c19-14-6-12-15(7-16(14)25-9-10-2-1-5-20-10)21(11-3-4-11)8-13(17(12)22)18(23)24/h6-8,10-11,20H,1-5,9H2,(H,23,24)/t10-/m0/s1. The van der Waals surface area contributed by atoms with Crippen LogP contribution in [-0.4, -0.2) is 34.8 Å². The zero-order valence-corrected chi connectivity index (χ0v) is 13.6. The fourth-order valence-electron chi connectivity index (χ4n) is 3.36. The summed E-state index contributed by atoms with van der Waals surface area (Å²) in [7, 11) is 0. The van der Waals surface area contributed by atoms with E-state index in [-0.39, 0.29) is 28.8 Å². The highest BCUT2D eigenvalue weighted by molar-refractivity contribution is 5.93. The van der Waals surface area contributed by atoms with E-state index in [2.05, 4.69) is 5.32 Å². The molecule has 2 fully saturated rings. The second-order valence-electron chi connectivity index (χ2n) is 6.72. The molecule has 6 nitrogen and oxygen atoms in total. The van der Waals surface area contributed by atoms with E-state index >= 15 is 0 Å². The van der Waals surface area contributed by atoms with Gasteiger partial charge in [0.15, 0.2) is 11.6 Å². The number of hydrogen-bond donors (Lipinski definition) is 2. The molecule has 1 aromatic carbocycles. The highest BCUT2D eigenvalue weighted by atomic mass is 19.1. The van der Waals surface area contributed by atoms with Crippen LogP contribution >= 0.6 is 0 Å². The van der Waals surface area contributed by atoms with Crippen molar-refractivity contribution in [2.45, 2.75) is 37.8 Å². The Bertz CT molecular complexity index is 898. The molecule has 0 bridgehead atoms. The number of benzene rings is 1. The average molecular weight is 346 g/mol. The summed E-state index contributed by atoms with van der Waals surface area (Å²) in [6.07, 6.45) is 5.26. The Morgan fingerprint density at radius 2 is 2.16 bits per heavy atom. The monoisotopic (exact) mass is 346 g/mol. The predicted octanol–water partition coefficient (Wildman–Crippen LogP) is 2.30. The van der Waals surface area contributed by atoms with Gasteiger partial charge in [-0.15, -0.1) is 0 Å². The lowest BCUT2D eigenvalue weighted by molar-refractivity contribution is 0.0695. The first kappa shape index (κ1) is 16.1. The summed E-state index contributed by atoms with van der Waals surface area (Å²) in [5, 5.41) is 12.6. The number of aromatic carboxylic acids is 1. The van der Waals surface area contributed by atoms with Crippen molar-refractivity contribution in [3.8, 4) is 5.75 Å². The van der Waals surface area contributed by atoms with Gasteiger partial charge < -0.3 is 19.7 Å². The molecule has 0 amide bonds. The molecule has 7 heteroatoms. The fraction of sp³-hybridized carbons (Fsp3) is 0.444. The lowest BCUT2D eigenvalue weighted by Gasteiger charge is -2.16. The Morgan fingerprint density at radius 3 is 2.80 bits per heavy atom. The van der Waals surface area contributed by atoms with Gasteiger partial charge in [-0.25, -0.2) is 9.18 Å². The molecular formula is C18H19FN2O4.